The standard InChI is InChI=1S/C14H28N4O.HI/c1-15-14(18-7-3-4-8-18)16-12-13-6-5-9-17(13)10-11-19-2;/h13H,3-12H2,1-2H3,(H,15,16);1H. The van der Waals surface area contributed by atoms with Crippen LogP contribution in [0.4, 0.5) is 0 Å². The first-order valence-electron chi connectivity index (χ1n) is 7.53. The third-order valence-corrected chi connectivity index (χ3v) is 4.19. The molecule has 0 aliphatic carbocycles. The molecule has 0 spiro atoms. The number of rotatable bonds is 5. The maximum absolute atomic E-state index is 5.19. The highest BCUT2D eigenvalue weighted by atomic mass is 127. The number of methoxy groups -OCH3 is 1. The maximum atomic E-state index is 5.19. The fourth-order valence-electron chi connectivity index (χ4n) is 3.10. The number of halogens is 1. The largest absolute Gasteiger partial charge is 0.383 e. The molecule has 1 atom stereocenters. The molecule has 1 N–H and O–H groups in total. The molecule has 2 aliphatic rings. The lowest BCUT2D eigenvalue weighted by atomic mass is 10.2. The average Bonchev–Trinajstić information content (AvgIpc) is 3.08. The van der Waals surface area contributed by atoms with Crippen molar-refractivity contribution < 1.29 is 4.74 Å². The van der Waals surface area contributed by atoms with Gasteiger partial charge in [0.2, 0.25) is 0 Å². The average molecular weight is 396 g/mol. The molecule has 2 saturated heterocycles. The molecule has 2 heterocycles. The van der Waals surface area contributed by atoms with Crippen molar-refractivity contribution in [2.24, 2.45) is 4.99 Å². The molecule has 118 valence electrons. The van der Waals surface area contributed by atoms with Crippen LogP contribution in [0.2, 0.25) is 0 Å². The second-order valence-electron chi connectivity index (χ2n) is 5.45. The highest BCUT2D eigenvalue weighted by Gasteiger charge is 2.25. The van der Waals surface area contributed by atoms with Crippen LogP contribution in [0.15, 0.2) is 4.99 Å². The van der Waals surface area contributed by atoms with Gasteiger partial charge in [-0.3, -0.25) is 9.89 Å². The Morgan fingerprint density at radius 3 is 2.65 bits per heavy atom. The van der Waals surface area contributed by atoms with Gasteiger partial charge in [-0.1, -0.05) is 0 Å². The van der Waals surface area contributed by atoms with Gasteiger partial charge in [0.05, 0.1) is 6.61 Å². The first-order valence-corrected chi connectivity index (χ1v) is 7.53. The number of aliphatic imine (C=N–C) groups is 1. The Kier molecular flexibility index (Phi) is 8.79. The van der Waals surface area contributed by atoms with Crippen LogP contribution < -0.4 is 5.32 Å². The lowest BCUT2D eigenvalue weighted by molar-refractivity contribution is 0.141. The van der Waals surface area contributed by atoms with Gasteiger partial charge in [0.25, 0.3) is 0 Å². The summed E-state index contributed by atoms with van der Waals surface area (Å²) in [5.74, 6) is 1.08. The van der Waals surface area contributed by atoms with E-state index in [0.29, 0.717) is 6.04 Å². The van der Waals surface area contributed by atoms with Gasteiger partial charge in [-0.2, -0.15) is 0 Å². The molecular formula is C14H29IN4O. The molecule has 0 saturated carbocycles. The monoisotopic (exact) mass is 396 g/mol. The van der Waals surface area contributed by atoms with E-state index in [1.807, 2.05) is 7.05 Å². The van der Waals surface area contributed by atoms with E-state index in [9.17, 15) is 0 Å². The van der Waals surface area contributed by atoms with E-state index < -0.39 is 0 Å². The van der Waals surface area contributed by atoms with Gasteiger partial charge in [0.15, 0.2) is 5.96 Å². The van der Waals surface area contributed by atoms with E-state index in [1.54, 1.807) is 7.11 Å². The summed E-state index contributed by atoms with van der Waals surface area (Å²) in [4.78, 5) is 9.31. The Morgan fingerprint density at radius 2 is 2.00 bits per heavy atom. The number of likely N-dealkylation sites (tertiary alicyclic amines) is 2. The van der Waals surface area contributed by atoms with Crippen molar-refractivity contribution in [3.05, 3.63) is 0 Å². The predicted octanol–water partition coefficient (Wildman–Crippen LogP) is 1.39. The van der Waals surface area contributed by atoms with Crippen LogP contribution in [0, 0.1) is 0 Å². The number of guanidine groups is 1. The Labute approximate surface area is 140 Å². The van der Waals surface area contributed by atoms with Gasteiger partial charge >= 0.3 is 0 Å². The summed E-state index contributed by atoms with van der Waals surface area (Å²) >= 11 is 0. The lowest BCUT2D eigenvalue weighted by Gasteiger charge is -2.27. The van der Waals surface area contributed by atoms with Crippen LogP contribution in [-0.2, 0) is 4.74 Å². The number of nitrogens with one attached hydrogen (secondary N) is 1. The highest BCUT2D eigenvalue weighted by Crippen LogP contribution is 2.16. The highest BCUT2D eigenvalue weighted by molar-refractivity contribution is 14.0. The summed E-state index contributed by atoms with van der Waals surface area (Å²) in [6.45, 7) is 6.39. The van der Waals surface area contributed by atoms with E-state index in [1.165, 1.54) is 32.2 Å². The van der Waals surface area contributed by atoms with Crippen LogP contribution in [0.1, 0.15) is 25.7 Å². The molecule has 2 rings (SSSR count). The number of ether oxygens (including phenoxy) is 1. The summed E-state index contributed by atoms with van der Waals surface area (Å²) in [7, 11) is 3.66. The molecule has 20 heavy (non-hydrogen) atoms. The zero-order valence-electron chi connectivity index (χ0n) is 12.8. The first kappa shape index (κ1) is 18.0. The maximum Gasteiger partial charge on any atom is 0.193 e. The van der Waals surface area contributed by atoms with Crippen molar-refractivity contribution in [3.63, 3.8) is 0 Å². The second-order valence-corrected chi connectivity index (χ2v) is 5.45. The zero-order chi connectivity index (χ0) is 13.5. The van der Waals surface area contributed by atoms with Gasteiger partial charge in [0.1, 0.15) is 0 Å². The Bertz CT molecular complexity index is 295. The van der Waals surface area contributed by atoms with E-state index in [-0.39, 0.29) is 24.0 Å². The number of hydrogen-bond acceptors (Lipinski definition) is 3. The van der Waals surface area contributed by atoms with Crippen molar-refractivity contribution in [1.29, 1.82) is 0 Å². The Hall–Kier alpha value is -0.0800. The molecule has 0 aromatic rings. The summed E-state index contributed by atoms with van der Waals surface area (Å²) < 4.78 is 5.19. The molecule has 0 radical (unpaired) electrons. The van der Waals surface area contributed by atoms with E-state index in [2.05, 4.69) is 20.1 Å². The minimum atomic E-state index is 0. The molecular weight excluding hydrogens is 367 g/mol. The molecule has 1 unspecified atom stereocenters. The van der Waals surface area contributed by atoms with Crippen LogP contribution in [0.3, 0.4) is 0 Å². The van der Waals surface area contributed by atoms with E-state index >= 15 is 0 Å². The molecule has 2 aliphatic heterocycles. The van der Waals surface area contributed by atoms with Crippen molar-refractivity contribution in [2.75, 3.05) is 53.5 Å². The second kappa shape index (κ2) is 9.78. The Morgan fingerprint density at radius 1 is 1.25 bits per heavy atom. The van der Waals surface area contributed by atoms with Crippen LogP contribution in [0.25, 0.3) is 0 Å². The predicted molar refractivity (Wildman–Crippen MR) is 94.1 cm³/mol. The quantitative estimate of drug-likeness (QED) is 0.433. The molecule has 0 aromatic carbocycles. The topological polar surface area (TPSA) is 40.1 Å². The van der Waals surface area contributed by atoms with E-state index in [0.717, 1.165) is 38.7 Å². The van der Waals surface area contributed by atoms with Gasteiger partial charge in [0, 0.05) is 46.4 Å². The summed E-state index contributed by atoms with van der Waals surface area (Å²) in [6.07, 6.45) is 5.18. The fourth-order valence-corrected chi connectivity index (χ4v) is 3.10. The minimum absolute atomic E-state index is 0. The molecule has 0 aromatic heterocycles. The van der Waals surface area contributed by atoms with Crippen molar-refractivity contribution in [1.82, 2.24) is 15.1 Å². The van der Waals surface area contributed by atoms with Gasteiger partial charge in [-0.05, 0) is 32.2 Å². The van der Waals surface area contributed by atoms with Crippen LogP contribution in [0.5, 0.6) is 0 Å². The first-order chi connectivity index (χ1) is 9.35. The summed E-state index contributed by atoms with van der Waals surface area (Å²) in [5, 5.41) is 3.55. The third-order valence-electron chi connectivity index (χ3n) is 4.19. The fraction of sp³-hybridized carbons (Fsp3) is 0.929. The normalized spacial score (nSPS) is 24.0. The zero-order valence-corrected chi connectivity index (χ0v) is 15.1. The molecule has 6 heteroatoms. The SMILES string of the molecule is CN=C(NCC1CCCN1CCOC)N1CCCC1.I. The van der Waals surface area contributed by atoms with Gasteiger partial charge in [-0.15, -0.1) is 24.0 Å². The van der Waals surface area contributed by atoms with Crippen molar-refractivity contribution >= 4 is 29.9 Å². The molecule has 0 amide bonds. The third kappa shape index (κ3) is 5.04. The van der Waals surface area contributed by atoms with Gasteiger partial charge in [-0.25, -0.2) is 0 Å². The van der Waals surface area contributed by atoms with Crippen LogP contribution >= 0.6 is 24.0 Å². The van der Waals surface area contributed by atoms with Crippen molar-refractivity contribution in [3.8, 4) is 0 Å². The molecule has 5 nitrogen and oxygen atoms in total. The van der Waals surface area contributed by atoms with Crippen molar-refractivity contribution in [2.45, 2.75) is 31.7 Å². The lowest BCUT2D eigenvalue weighted by Crippen LogP contribution is -2.46. The summed E-state index contributed by atoms with van der Waals surface area (Å²) in [6, 6.07) is 0.634. The minimum Gasteiger partial charge on any atom is -0.383 e. The Balaban J connectivity index is 0.00000200. The summed E-state index contributed by atoms with van der Waals surface area (Å²) in [5.41, 5.74) is 0. The van der Waals surface area contributed by atoms with E-state index in [4.69, 9.17) is 4.74 Å². The molecule has 0 bridgehead atoms. The molecule has 2 fully saturated rings. The number of nitrogens with zero attached hydrogens (tertiary/aromatic N) is 3. The smallest absolute Gasteiger partial charge is 0.193 e. The number of hydrogen-bond donors (Lipinski definition) is 1. The van der Waals surface area contributed by atoms with Gasteiger partial charge < -0.3 is 15.0 Å². The van der Waals surface area contributed by atoms with Crippen LogP contribution in [-0.4, -0.2) is 75.3 Å².